The highest BCUT2D eigenvalue weighted by Gasteiger charge is 2.17. The van der Waals surface area contributed by atoms with Crippen molar-refractivity contribution in [3.05, 3.63) is 28.5 Å². The van der Waals surface area contributed by atoms with Gasteiger partial charge < -0.3 is 5.11 Å². The highest BCUT2D eigenvalue weighted by atomic mass is 79.9. The zero-order valence-corrected chi connectivity index (χ0v) is 13.3. The van der Waals surface area contributed by atoms with Crippen molar-refractivity contribution in [1.82, 2.24) is 15.1 Å². The van der Waals surface area contributed by atoms with Gasteiger partial charge in [-0.2, -0.15) is 0 Å². The van der Waals surface area contributed by atoms with Crippen LogP contribution in [0.15, 0.2) is 27.8 Å². The summed E-state index contributed by atoms with van der Waals surface area (Å²) in [7, 11) is 0. The average Bonchev–Trinajstić information content (AvgIpc) is 2.40. The Morgan fingerprint density at radius 3 is 2.90 bits per heavy atom. The van der Waals surface area contributed by atoms with Crippen LogP contribution in [0.2, 0.25) is 0 Å². The van der Waals surface area contributed by atoms with Gasteiger partial charge in [-0.3, -0.25) is 0 Å². The minimum atomic E-state index is -0.274. The van der Waals surface area contributed by atoms with Crippen LogP contribution in [0.1, 0.15) is 12.7 Å². The van der Waals surface area contributed by atoms with E-state index in [9.17, 15) is 5.11 Å². The molecule has 0 unspecified atom stereocenters. The zero-order chi connectivity index (χ0) is 14.3. The summed E-state index contributed by atoms with van der Waals surface area (Å²) in [5.74, 6) is 1.22. The lowest BCUT2D eigenvalue weighted by atomic mass is 10.2. The third-order valence-electron chi connectivity index (χ3n) is 2.87. The van der Waals surface area contributed by atoms with Gasteiger partial charge in [-0.05, 0) is 28.9 Å². The van der Waals surface area contributed by atoms with E-state index in [-0.39, 0.29) is 5.88 Å². The van der Waals surface area contributed by atoms with Gasteiger partial charge in [0.25, 0.3) is 0 Å². The summed E-state index contributed by atoms with van der Waals surface area (Å²) in [6, 6.07) is 5.65. The molecule has 0 aliphatic rings. The second-order valence-electron chi connectivity index (χ2n) is 4.21. The summed E-state index contributed by atoms with van der Waals surface area (Å²) < 4.78 is 2.48. The fourth-order valence-electron chi connectivity index (χ4n) is 2.06. The van der Waals surface area contributed by atoms with Gasteiger partial charge in [0.1, 0.15) is 0 Å². The molecule has 0 aliphatic heterocycles. The van der Waals surface area contributed by atoms with E-state index >= 15 is 0 Å². The monoisotopic (exact) mass is 350 g/mol. The fraction of sp³-hybridized carbons (Fsp3) is 0.231. The summed E-state index contributed by atoms with van der Waals surface area (Å²) in [6.45, 7) is 3.83. The summed E-state index contributed by atoms with van der Waals surface area (Å²) in [4.78, 5) is 8.54. The first-order chi connectivity index (χ1) is 9.60. The maximum atomic E-state index is 12.3. The van der Waals surface area contributed by atoms with E-state index in [1.54, 1.807) is 4.52 Å². The highest BCUT2D eigenvalue weighted by molar-refractivity contribution is 9.10. The van der Waals surface area contributed by atoms with Crippen LogP contribution >= 0.6 is 27.7 Å². The number of thioether (sulfide) groups is 1. The van der Waals surface area contributed by atoms with E-state index in [1.807, 2.05) is 32.0 Å². The van der Waals surface area contributed by atoms with Crippen LogP contribution in [0.3, 0.4) is 0 Å². The molecule has 3 rings (SSSR count). The molecule has 0 spiro atoms. The largest absolute Gasteiger partial charge is 0.856 e. The van der Waals surface area contributed by atoms with Crippen molar-refractivity contribution < 1.29 is 9.62 Å². The second-order valence-corrected chi connectivity index (χ2v) is 6.36. The van der Waals surface area contributed by atoms with Crippen LogP contribution in [0.25, 0.3) is 16.4 Å². The Morgan fingerprint density at radius 1 is 1.35 bits per heavy atom. The molecule has 0 fully saturated rings. The Bertz CT molecular complexity index is 824. The molecule has 1 aromatic carbocycles. The zero-order valence-electron chi connectivity index (χ0n) is 10.9. The predicted molar refractivity (Wildman–Crippen MR) is 78.8 cm³/mol. The second kappa shape index (κ2) is 5.14. The van der Waals surface area contributed by atoms with E-state index in [4.69, 9.17) is 0 Å². The van der Waals surface area contributed by atoms with Gasteiger partial charge in [0.15, 0.2) is 11.0 Å². The van der Waals surface area contributed by atoms with Crippen molar-refractivity contribution in [3.8, 4) is 5.88 Å². The van der Waals surface area contributed by atoms with Crippen LogP contribution < -0.4 is 9.62 Å². The predicted octanol–water partition coefficient (Wildman–Crippen LogP) is 2.02. The Hall–Kier alpha value is -1.47. The van der Waals surface area contributed by atoms with E-state index in [0.29, 0.717) is 16.5 Å². The minimum absolute atomic E-state index is 0.274. The molecule has 0 saturated carbocycles. The third kappa shape index (κ3) is 2.20. The standard InChI is InChI=1S/C13H11BrN4OS/c1-3-20-13-16-12(19)11-9-6-8(14)4-5-10(9)15-7(2)18(11)17-13/h4-6H,3H2,1-2H3. The lowest BCUT2D eigenvalue weighted by Crippen LogP contribution is -2.34. The summed E-state index contributed by atoms with van der Waals surface area (Å²) in [6.07, 6.45) is 0. The van der Waals surface area contributed by atoms with E-state index in [1.165, 1.54) is 11.8 Å². The molecule has 0 bridgehead atoms. The normalized spacial score (nSPS) is 11.3. The molecule has 7 heteroatoms. The van der Waals surface area contributed by atoms with Crippen LogP contribution in [0.5, 0.6) is 5.88 Å². The minimum Gasteiger partial charge on any atom is -0.856 e. The molecule has 2 heterocycles. The maximum absolute atomic E-state index is 12.3. The molecule has 0 aliphatic carbocycles. The van der Waals surface area contributed by atoms with Crippen molar-refractivity contribution in [2.24, 2.45) is 0 Å². The molecule has 0 saturated heterocycles. The summed E-state index contributed by atoms with van der Waals surface area (Å²) in [5, 5.41) is 18.0. The number of nitrogens with zero attached hydrogens (tertiary/aromatic N) is 4. The number of fused-ring (bicyclic) bond motifs is 3. The number of hydrogen-bond donors (Lipinski definition) is 0. The number of aryl methyl sites for hydroxylation is 1. The molecule has 102 valence electrons. The highest BCUT2D eigenvalue weighted by Crippen LogP contribution is 2.25. The van der Waals surface area contributed by atoms with Crippen molar-refractivity contribution in [3.63, 3.8) is 0 Å². The van der Waals surface area contributed by atoms with Gasteiger partial charge in [0.05, 0.1) is 5.39 Å². The molecule has 0 N–H and O–H groups in total. The Labute approximate surface area is 128 Å². The Balaban J connectivity index is 2.45. The number of benzene rings is 1. The first-order valence-corrected chi connectivity index (χ1v) is 7.87. The SMILES string of the molecule is CCSc1nc([O-])c2c3cc(Br)ccc3nc(C)[n+]2n1. The molecule has 5 nitrogen and oxygen atoms in total. The van der Waals surface area contributed by atoms with Crippen LogP contribution in [-0.2, 0) is 0 Å². The summed E-state index contributed by atoms with van der Waals surface area (Å²) >= 11 is 4.86. The molecule has 20 heavy (non-hydrogen) atoms. The number of halogens is 1. The smallest absolute Gasteiger partial charge is 0.321 e. The molecule has 0 atom stereocenters. The van der Waals surface area contributed by atoms with Gasteiger partial charge in [-0.25, -0.2) is 4.98 Å². The first-order valence-electron chi connectivity index (χ1n) is 6.10. The number of hydrogen-bond acceptors (Lipinski definition) is 5. The van der Waals surface area contributed by atoms with Crippen molar-refractivity contribution in [1.29, 1.82) is 0 Å². The van der Waals surface area contributed by atoms with Crippen LogP contribution in [0, 0.1) is 6.92 Å². The van der Waals surface area contributed by atoms with E-state index in [2.05, 4.69) is 31.0 Å². The summed E-state index contributed by atoms with van der Waals surface area (Å²) in [5.41, 5.74) is 1.23. The van der Waals surface area contributed by atoms with E-state index in [0.717, 1.165) is 21.1 Å². The molecular weight excluding hydrogens is 340 g/mol. The van der Waals surface area contributed by atoms with Gasteiger partial charge in [0, 0.05) is 17.3 Å². The quantitative estimate of drug-likeness (QED) is 0.402. The van der Waals surface area contributed by atoms with Crippen LogP contribution in [0.4, 0.5) is 0 Å². The molecule has 0 radical (unpaired) electrons. The molecule has 2 aromatic heterocycles. The van der Waals surface area contributed by atoms with E-state index < -0.39 is 0 Å². The Kier molecular flexibility index (Phi) is 3.47. The van der Waals surface area contributed by atoms with Gasteiger partial charge >= 0.3 is 5.82 Å². The van der Waals surface area contributed by atoms with Crippen LogP contribution in [-0.4, -0.2) is 20.8 Å². The fourth-order valence-corrected chi connectivity index (χ4v) is 2.97. The third-order valence-corrected chi connectivity index (χ3v) is 4.09. The van der Waals surface area contributed by atoms with Crippen molar-refractivity contribution in [2.45, 2.75) is 19.0 Å². The average molecular weight is 351 g/mol. The maximum Gasteiger partial charge on any atom is 0.321 e. The van der Waals surface area contributed by atoms with Gasteiger partial charge in [0.2, 0.25) is 5.16 Å². The van der Waals surface area contributed by atoms with Gasteiger partial charge in [-0.1, -0.05) is 44.2 Å². The molecule has 3 aromatic rings. The lowest BCUT2D eigenvalue weighted by Gasteiger charge is -2.09. The van der Waals surface area contributed by atoms with Crippen molar-refractivity contribution >= 4 is 44.1 Å². The molecular formula is C13H11BrN4OS. The van der Waals surface area contributed by atoms with Gasteiger partial charge in [-0.15, -0.1) is 0 Å². The lowest BCUT2D eigenvalue weighted by molar-refractivity contribution is -0.598. The Morgan fingerprint density at radius 2 is 2.15 bits per heavy atom. The number of rotatable bonds is 2. The molecule has 0 amide bonds. The first kappa shape index (κ1) is 13.5. The number of aromatic nitrogens is 4. The topological polar surface area (TPSA) is 65.8 Å². The van der Waals surface area contributed by atoms with Crippen molar-refractivity contribution in [2.75, 3.05) is 5.75 Å².